The Balaban J connectivity index is 2.06. The lowest BCUT2D eigenvalue weighted by Crippen LogP contribution is -2.27. The molecular formula is C19H25N3O2. The maximum atomic E-state index is 12.1. The molecule has 0 aliphatic rings. The first-order valence-electron chi connectivity index (χ1n) is 8.01. The second-order valence-electron chi connectivity index (χ2n) is 5.87. The van der Waals surface area contributed by atoms with Gasteiger partial charge in [0.05, 0.1) is 6.61 Å². The number of anilines is 2. The van der Waals surface area contributed by atoms with Gasteiger partial charge in [-0.2, -0.15) is 0 Å². The molecule has 0 unspecified atom stereocenters. The lowest BCUT2D eigenvalue weighted by molar-refractivity contribution is 0.0944. The van der Waals surface area contributed by atoms with Gasteiger partial charge in [-0.15, -0.1) is 0 Å². The fourth-order valence-corrected chi connectivity index (χ4v) is 2.45. The molecule has 5 heteroatoms. The number of benzene rings is 2. The Bertz CT molecular complexity index is 682. The number of carbonyl (C=O) groups excluding carboxylic acids is 1. The molecule has 0 saturated carbocycles. The number of aliphatic hydroxyl groups is 1. The Labute approximate surface area is 143 Å². The fraction of sp³-hybridized carbons (Fsp3) is 0.316. The Morgan fingerprint density at radius 2 is 1.83 bits per heavy atom. The number of nitrogens with one attached hydrogen (secondary N) is 2. The van der Waals surface area contributed by atoms with Crippen molar-refractivity contribution in [3.05, 3.63) is 59.2 Å². The lowest BCUT2D eigenvalue weighted by atomic mass is 10.1. The molecule has 3 N–H and O–H groups in total. The van der Waals surface area contributed by atoms with Gasteiger partial charge >= 0.3 is 0 Å². The van der Waals surface area contributed by atoms with E-state index in [1.165, 1.54) is 5.56 Å². The average Bonchev–Trinajstić information content (AvgIpc) is 2.59. The van der Waals surface area contributed by atoms with Crippen LogP contribution in [0.4, 0.5) is 11.4 Å². The van der Waals surface area contributed by atoms with E-state index in [0.29, 0.717) is 12.1 Å². The summed E-state index contributed by atoms with van der Waals surface area (Å²) in [5.41, 5.74) is 4.80. The van der Waals surface area contributed by atoms with Gasteiger partial charge in [0.15, 0.2) is 0 Å². The first-order chi connectivity index (χ1) is 11.5. The van der Waals surface area contributed by atoms with Crippen LogP contribution in [0.15, 0.2) is 42.5 Å². The van der Waals surface area contributed by atoms with Crippen LogP contribution >= 0.6 is 0 Å². The average molecular weight is 327 g/mol. The number of nitrogens with zero attached hydrogens (tertiary/aromatic N) is 1. The molecular weight excluding hydrogens is 302 g/mol. The molecule has 0 spiro atoms. The standard InChI is InChI=1S/C19H25N3O2/c1-14-17(19(24)20-11-12-23)5-4-6-18(14)21-13-15-7-9-16(10-8-15)22(2)3/h4-10,21,23H,11-13H2,1-3H3,(H,20,24). The fourth-order valence-electron chi connectivity index (χ4n) is 2.45. The first kappa shape index (κ1) is 17.8. The van der Waals surface area contributed by atoms with E-state index in [1.54, 1.807) is 6.07 Å². The van der Waals surface area contributed by atoms with Crippen molar-refractivity contribution in [3.8, 4) is 0 Å². The van der Waals surface area contributed by atoms with Crippen LogP contribution in [0.1, 0.15) is 21.5 Å². The van der Waals surface area contributed by atoms with Gasteiger partial charge in [-0.1, -0.05) is 18.2 Å². The smallest absolute Gasteiger partial charge is 0.251 e. The van der Waals surface area contributed by atoms with E-state index in [9.17, 15) is 4.79 Å². The maximum Gasteiger partial charge on any atom is 0.251 e. The van der Waals surface area contributed by atoms with Crippen molar-refractivity contribution in [2.75, 3.05) is 37.5 Å². The predicted molar refractivity (Wildman–Crippen MR) is 98.7 cm³/mol. The monoisotopic (exact) mass is 327 g/mol. The SMILES string of the molecule is Cc1c(NCc2ccc(N(C)C)cc2)cccc1C(=O)NCCO. The molecule has 0 fully saturated rings. The molecule has 5 nitrogen and oxygen atoms in total. The molecule has 0 heterocycles. The molecule has 0 bridgehead atoms. The van der Waals surface area contributed by atoms with E-state index in [-0.39, 0.29) is 19.1 Å². The minimum absolute atomic E-state index is 0.0638. The summed E-state index contributed by atoms with van der Waals surface area (Å²) in [6, 6.07) is 14.0. The summed E-state index contributed by atoms with van der Waals surface area (Å²) in [4.78, 5) is 14.2. The third-order valence-corrected chi connectivity index (χ3v) is 3.91. The zero-order valence-electron chi connectivity index (χ0n) is 14.5. The van der Waals surface area contributed by atoms with Crippen molar-refractivity contribution in [2.24, 2.45) is 0 Å². The molecule has 0 aliphatic heterocycles. The highest BCUT2D eigenvalue weighted by molar-refractivity contribution is 5.97. The Kier molecular flexibility index (Phi) is 6.21. The molecule has 0 atom stereocenters. The van der Waals surface area contributed by atoms with Crippen LogP contribution in [-0.2, 0) is 6.54 Å². The zero-order chi connectivity index (χ0) is 17.5. The largest absolute Gasteiger partial charge is 0.395 e. The topological polar surface area (TPSA) is 64.6 Å². The summed E-state index contributed by atoms with van der Waals surface area (Å²) in [6.45, 7) is 2.81. The summed E-state index contributed by atoms with van der Waals surface area (Å²) < 4.78 is 0. The molecule has 2 aromatic rings. The van der Waals surface area contributed by atoms with Crippen LogP contribution in [0.5, 0.6) is 0 Å². The second kappa shape index (κ2) is 8.36. The first-order valence-corrected chi connectivity index (χ1v) is 8.01. The Morgan fingerprint density at radius 3 is 2.46 bits per heavy atom. The Morgan fingerprint density at radius 1 is 1.12 bits per heavy atom. The van der Waals surface area contributed by atoms with E-state index >= 15 is 0 Å². The van der Waals surface area contributed by atoms with Crippen molar-refractivity contribution in [1.29, 1.82) is 0 Å². The van der Waals surface area contributed by atoms with E-state index in [1.807, 2.05) is 33.2 Å². The second-order valence-corrected chi connectivity index (χ2v) is 5.87. The van der Waals surface area contributed by atoms with Crippen LogP contribution in [-0.4, -0.2) is 38.3 Å². The summed E-state index contributed by atoms with van der Waals surface area (Å²) >= 11 is 0. The van der Waals surface area contributed by atoms with Crippen LogP contribution in [0, 0.1) is 6.92 Å². The molecule has 128 valence electrons. The highest BCUT2D eigenvalue weighted by atomic mass is 16.3. The molecule has 2 aromatic carbocycles. The van der Waals surface area contributed by atoms with E-state index < -0.39 is 0 Å². The van der Waals surface area contributed by atoms with Crippen molar-refractivity contribution >= 4 is 17.3 Å². The van der Waals surface area contributed by atoms with Crippen molar-refractivity contribution in [3.63, 3.8) is 0 Å². The summed E-state index contributed by atoms with van der Waals surface area (Å²) in [5.74, 6) is -0.166. The zero-order valence-corrected chi connectivity index (χ0v) is 14.5. The molecule has 0 saturated heterocycles. The van der Waals surface area contributed by atoms with E-state index in [4.69, 9.17) is 5.11 Å². The van der Waals surface area contributed by atoms with Crippen molar-refractivity contribution in [2.45, 2.75) is 13.5 Å². The number of carbonyl (C=O) groups is 1. The van der Waals surface area contributed by atoms with Gasteiger partial charge in [-0.05, 0) is 42.3 Å². The lowest BCUT2D eigenvalue weighted by Gasteiger charge is -2.15. The molecule has 0 radical (unpaired) electrons. The number of amides is 1. The van der Waals surface area contributed by atoms with Gasteiger partial charge in [-0.25, -0.2) is 0 Å². The van der Waals surface area contributed by atoms with Gasteiger partial charge in [0.25, 0.3) is 5.91 Å². The third-order valence-electron chi connectivity index (χ3n) is 3.91. The number of aliphatic hydroxyl groups excluding tert-OH is 1. The minimum Gasteiger partial charge on any atom is -0.395 e. The Hall–Kier alpha value is -2.53. The quantitative estimate of drug-likeness (QED) is 0.731. The van der Waals surface area contributed by atoms with Crippen molar-refractivity contribution in [1.82, 2.24) is 5.32 Å². The van der Waals surface area contributed by atoms with Crippen molar-refractivity contribution < 1.29 is 9.90 Å². The normalized spacial score (nSPS) is 10.3. The molecule has 24 heavy (non-hydrogen) atoms. The van der Waals surface area contributed by atoms with Gasteiger partial charge in [-0.3, -0.25) is 4.79 Å². The minimum atomic E-state index is -0.166. The molecule has 1 amide bonds. The summed E-state index contributed by atoms with van der Waals surface area (Å²) in [7, 11) is 4.04. The van der Waals surface area contributed by atoms with E-state index in [0.717, 1.165) is 16.9 Å². The number of hydrogen-bond acceptors (Lipinski definition) is 4. The molecule has 2 rings (SSSR count). The summed E-state index contributed by atoms with van der Waals surface area (Å²) in [5, 5.41) is 14.9. The van der Waals surface area contributed by atoms with Crippen LogP contribution < -0.4 is 15.5 Å². The number of hydrogen-bond donors (Lipinski definition) is 3. The highest BCUT2D eigenvalue weighted by Gasteiger charge is 2.11. The molecule has 0 aliphatic carbocycles. The van der Waals surface area contributed by atoms with Gasteiger partial charge < -0.3 is 20.6 Å². The molecule has 0 aromatic heterocycles. The summed E-state index contributed by atoms with van der Waals surface area (Å²) in [6.07, 6.45) is 0. The van der Waals surface area contributed by atoms with E-state index in [2.05, 4.69) is 39.8 Å². The van der Waals surface area contributed by atoms with Gasteiger partial charge in [0, 0.05) is 44.1 Å². The van der Waals surface area contributed by atoms with Crippen LogP contribution in [0.3, 0.4) is 0 Å². The van der Waals surface area contributed by atoms with Gasteiger partial charge in [0.1, 0.15) is 0 Å². The third kappa shape index (κ3) is 4.49. The predicted octanol–water partition coefficient (Wildman–Crippen LogP) is 2.40. The van der Waals surface area contributed by atoms with Crippen LogP contribution in [0.2, 0.25) is 0 Å². The van der Waals surface area contributed by atoms with Crippen LogP contribution in [0.25, 0.3) is 0 Å². The highest BCUT2D eigenvalue weighted by Crippen LogP contribution is 2.20. The van der Waals surface area contributed by atoms with Gasteiger partial charge in [0.2, 0.25) is 0 Å². The number of rotatable bonds is 7. The maximum absolute atomic E-state index is 12.1.